The van der Waals surface area contributed by atoms with Gasteiger partial charge in [-0.15, -0.1) is 34.0 Å². The van der Waals surface area contributed by atoms with E-state index in [0.29, 0.717) is 0 Å². The van der Waals surface area contributed by atoms with E-state index in [4.69, 9.17) is 4.74 Å². The van der Waals surface area contributed by atoms with Crippen molar-refractivity contribution < 1.29 is 9.30 Å². The quantitative estimate of drug-likeness (QED) is 0.215. The molecular formula is C29H25O2PS3. The molecule has 0 bridgehead atoms. The molecule has 35 heavy (non-hydrogen) atoms. The molecule has 1 atom stereocenters. The number of hydrogen-bond acceptors (Lipinski definition) is 5. The summed E-state index contributed by atoms with van der Waals surface area (Å²) in [5.74, 6) is 0.740. The maximum Gasteiger partial charge on any atom is 0.173 e. The Bertz CT molecular complexity index is 1650. The number of methoxy groups -OCH3 is 1. The highest BCUT2D eigenvalue weighted by Crippen LogP contribution is 2.60. The van der Waals surface area contributed by atoms with Gasteiger partial charge in [-0.1, -0.05) is 30.3 Å². The first-order valence-electron chi connectivity index (χ1n) is 11.5. The zero-order chi connectivity index (χ0) is 24.5. The lowest BCUT2D eigenvalue weighted by Gasteiger charge is -2.19. The second-order valence-electron chi connectivity index (χ2n) is 8.97. The van der Waals surface area contributed by atoms with E-state index < -0.39 is 7.14 Å². The molecule has 3 aromatic heterocycles. The molecule has 2 aromatic carbocycles. The van der Waals surface area contributed by atoms with Gasteiger partial charge in [0.2, 0.25) is 0 Å². The fourth-order valence-corrected chi connectivity index (χ4v) is 12.3. The van der Waals surface area contributed by atoms with E-state index in [2.05, 4.69) is 45.9 Å². The summed E-state index contributed by atoms with van der Waals surface area (Å²) in [6, 6.07) is 20.7. The molecule has 6 rings (SSSR count). The van der Waals surface area contributed by atoms with Crippen LogP contribution in [0.1, 0.15) is 19.5 Å². The zero-order valence-corrected chi connectivity index (χ0v) is 23.6. The van der Waals surface area contributed by atoms with E-state index >= 15 is 4.57 Å². The van der Waals surface area contributed by atoms with Crippen molar-refractivity contribution in [3.8, 4) is 37.8 Å². The van der Waals surface area contributed by atoms with Crippen LogP contribution in [0.25, 0.3) is 32.0 Å². The first kappa shape index (κ1) is 23.0. The number of benzene rings is 2. The first-order chi connectivity index (χ1) is 16.8. The number of thiophene rings is 3. The summed E-state index contributed by atoms with van der Waals surface area (Å²) in [4.78, 5) is 7.50. The van der Waals surface area contributed by atoms with Gasteiger partial charge in [0, 0.05) is 61.9 Å². The molecule has 1 aliphatic rings. The predicted molar refractivity (Wildman–Crippen MR) is 155 cm³/mol. The summed E-state index contributed by atoms with van der Waals surface area (Å²) in [6.45, 7) is 8.70. The van der Waals surface area contributed by atoms with Crippen molar-refractivity contribution in [1.82, 2.24) is 0 Å². The molecule has 0 N–H and O–H groups in total. The molecule has 0 fully saturated rings. The van der Waals surface area contributed by atoms with Gasteiger partial charge in [0.05, 0.1) is 7.11 Å². The second kappa shape index (κ2) is 8.31. The van der Waals surface area contributed by atoms with E-state index in [-0.39, 0.29) is 0 Å². The molecule has 4 heterocycles. The van der Waals surface area contributed by atoms with Gasteiger partial charge in [-0.25, -0.2) is 0 Å². The molecule has 2 nitrogen and oxygen atoms in total. The molecule has 0 aliphatic carbocycles. The topological polar surface area (TPSA) is 26.3 Å². The van der Waals surface area contributed by atoms with Gasteiger partial charge >= 0.3 is 0 Å². The minimum atomic E-state index is -3.13. The van der Waals surface area contributed by atoms with Crippen molar-refractivity contribution in [2.75, 3.05) is 7.11 Å². The number of ether oxygens (including phenoxy) is 1. The van der Waals surface area contributed by atoms with Crippen LogP contribution in [0.3, 0.4) is 0 Å². The number of rotatable bonds is 4. The fourth-order valence-electron chi connectivity index (χ4n) is 5.20. The Morgan fingerprint density at radius 2 is 1.37 bits per heavy atom. The van der Waals surface area contributed by atoms with Crippen molar-refractivity contribution in [2.24, 2.45) is 0 Å². The van der Waals surface area contributed by atoms with Crippen LogP contribution in [0.15, 0.2) is 60.7 Å². The minimum absolute atomic E-state index is 0.740. The number of aryl methyl sites for hydroxylation is 4. The third kappa shape index (κ3) is 3.37. The molecule has 6 heteroatoms. The van der Waals surface area contributed by atoms with Gasteiger partial charge in [-0.05, 0) is 63.6 Å². The van der Waals surface area contributed by atoms with Gasteiger partial charge in [0.25, 0.3) is 0 Å². The van der Waals surface area contributed by atoms with Gasteiger partial charge in [-0.3, -0.25) is 0 Å². The highest BCUT2D eigenvalue weighted by molar-refractivity contribution is 7.87. The molecule has 176 valence electrons. The van der Waals surface area contributed by atoms with Gasteiger partial charge < -0.3 is 9.30 Å². The molecule has 0 saturated carbocycles. The SMILES string of the molecule is COc1ccc2c(c1)P(=O)(c1ccccc1)c1c-2sc(-c2cc(C)sc2C)c1-c1cc(C)sc1C. The van der Waals surface area contributed by atoms with Crippen LogP contribution in [0.2, 0.25) is 0 Å². The summed E-state index contributed by atoms with van der Waals surface area (Å²) >= 11 is 5.43. The van der Waals surface area contributed by atoms with Crippen LogP contribution in [-0.2, 0) is 4.57 Å². The average molecular weight is 533 g/mol. The van der Waals surface area contributed by atoms with Gasteiger partial charge in [0.15, 0.2) is 7.14 Å². The summed E-state index contributed by atoms with van der Waals surface area (Å²) in [5, 5.41) is 2.76. The van der Waals surface area contributed by atoms with Crippen molar-refractivity contribution in [1.29, 1.82) is 0 Å². The summed E-state index contributed by atoms with van der Waals surface area (Å²) in [5.41, 5.74) is 4.69. The average Bonchev–Trinajstić information content (AvgIpc) is 3.56. The van der Waals surface area contributed by atoms with Crippen LogP contribution in [0, 0.1) is 27.7 Å². The van der Waals surface area contributed by atoms with Gasteiger partial charge in [-0.2, -0.15) is 0 Å². The Morgan fingerprint density at radius 1 is 0.714 bits per heavy atom. The second-order valence-corrected chi connectivity index (χ2v) is 15.6. The van der Waals surface area contributed by atoms with E-state index in [1.54, 1.807) is 18.4 Å². The summed E-state index contributed by atoms with van der Waals surface area (Å²) < 4.78 is 21.1. The largest absolute Gasteiger partial charge is 0.497 e. The van der Waals surface area contributed by atoms with Crippen LogP contribution < -0.4 is 20.7 Å². The number of fused-ring (bicyclic) bond motifs is 3. The smallest absolute Gasteiger partial charge is 0.173 e. The highest BCUT2D eigenvalue weighted by atomic mass is 32.1. The molecule has 0 spiro atoms. The lowest BCUT2D eigenvalue weighted by Crippen LogP contribution is -2.21. The predicted octanol–water partition coefficient (Wildman–Crippen LogP) is 8.07. The Morgan fingerprint density at radius 3 is 1.97 bits per heavy atom. The summed E-state index contributed by atoms with van der Waals surface area (Å²) in [7, 11) is -1.46. The van der Waals surface area contributed by atoms with Crippen LogP contribution in [0.4, 0.5) is 0 Å². The molecule has 0 saturated heterocycles. The van der Waals surface area contributed by atoms with E-state index in [9.17, 15) is 0 Å². The number of hydrogen-bond donors (Lipinski definition) is 0. The Kier molecular flexibility index (Phi) is 5.46. The lowest BCUT2D eigenvalue weighted by atomic mass is 10.0. The summed E-state index contributed by atoms with van der Waals surface area (Å²) in [6.07, 6.45) is 0. The maximum atomic E-state index is 15.5. The molecule has 5 aromatic rings. The molecule has 0 radical (unpaired) electrons. The van der Waals surface area contributed by atoms with Crippen LogP contribution in [0.5, 0.6) is 5.75 Å². The first-order valence-corrected chi connectivity index (χ1v) is 15.7. The Labute approximate surface area is 218 Å². The Balaban J connectivity index is 1.78. The van der Waals surface area contributed by atoms with Crippen LogP contribution >= 0.6 is 41.2 Å². The molecular weight excluding hydrogens is 507 g/mol. The van der Waals surface area contributed by atoms with Crippen LogP contribution in [-0.4, -0.2) is 7.11 Å². The van der Waals surface area contributed by atoms with Crippen molar-refractivity contribution in [3.63, 3.8) is 0 Å². The lowest BCUT2D eigenvalue weighted by molar-refractivity contribution is 0.415. The molecule has 1 aliphatic heterocycles. The minimum Gasteiger partial charge on any atom is -0.497 e. The van der Waals surface area contributed by atoms with Crippen molar-refractivity contribution in [3.05, 3.63) is 80.2 Å². The third-order valence-electron chi connectivity index (χ3n) is 6.70. The fraction of sp³-hybridized carbons (Fsp3) is 0.172. The monoisotopic (exact) mass is 532 g/mol. The molecule has 0 amide bonds. The van der Waals surface area contributed by atoms with Crippen molar-refractivity contribution in [2.45, 2.75) is 27.7 Å². The van der Waals surface area contributed by atoms with Gasteiger partial charge in [0.1, 0.15) is 5.75 Å². The van der Waals surface area contributed by atoms with E-state index in [0.717, 1.165) is 37.7 Å². The third-order valence-corrected chi connectivity index (χ3v) is 13.2. The maximum absolute atomic E-state index is 15.5. The standard InChI is InChI=1S/C29H25O2PS3/c1-16-13-23(18(3)33-16)26-27-29(35-28(26)24-14-17(2)34-19(24)4)22-12-11-20(31-5)15-25(22)32(27,30)21-9-7-6-8-10-21/h6-15H,1-5H3. The molecule has 1 unspecified atom stereocenters. The highest BCUT2D eigenvalue weighted by Gasteiger charge is 2.45. The Hall–Kier alpha value is -2.43. The van der Waals surface area contributed by atoms with E-state index in [1.807, 2.05) is 65.1 Å². The van der Waals surface area contributed by atoms with E-state index in [1.165, 1.54) is 35.5 Å². The normalized spacial score (nSPS) is 16.4. The zero-order valence-electron chi connectivity index (χ0n) is 20.3. The van der Waals surface area contributed by atoms with Crippen molar-refractivity contribution >= 4 is 57.1 Å².